The van der Waals surface area contributed by atoms with Crippen molar-refractivity contribution in [1.82, 2.24) is 0 Å². The molecule has 0 aliphatic heterocycles. The highest BCUT2D eigenvalue weighted by Gasteiger charge is 2.27. The maximum Gasteiger partial charge on any atom is 0.472 e. The third-order valence-corrected chi connectivity index (χ3v) is 8.58. The van der Waals surface area contributed by atoms with Gasteiger partial charge < -0.3 is 18.9 Å². The molecule has 49 heavy (non-hydrogen) atoms. The van der Waals surface area contributed by atoms with Crippen LogP contribution in [0.15, 0.2) is 48.6 Å². The summed E-state index contributed by atoms with van der Waals surface area (Å²) in [6, 6.07) is 0. The van der Waals surface area contributed by atoms with Crippen LogP contribution in [0, 0.1) is 0 Å². The number of unbranched alkanes of at least 4 members (excludes halogenated alkanes) is 11. The van der Waals surface area contributed by atoms with E-state index in [0.717, 1.165) is 64.2 Å². The smallest absolute Gasteiger partial charge is 0.462 e. The Bertz CT molecular complexity index is 986. The van der Waals surface area contributed by atoms with Crippen LogP contribution >= 0.6 is 7.82 Å². The molecule has 0 aromatic heterocycles. The molecule has 0 aromatic rings. The molecule has 0 saturated heterocycles. The Kier molecular flexibility index (Phi) is 30.6. The quantitative estimate of drug-likeness (QED) is 0.0236. The highest BCUT2D eigenvalue weighted by molar-refractivity contribution is 7.47. The number of quaternary nitrogens is 1. The number of rotatable bonds is 33. The highest BCUT2D eigenvalue weighted by atomic mass is 31.2. The lowest BCUT2D eigenvalue weighted by atomic mass is 10.1. The summed E-state index contributed by atoms with van der Waals surface area (Å²) in [5.41, 5.74) is 0. The van der Waals surface area contributed by atoms with Gasteiger partial charge in [-0.15, -0.1) is 0 Å². The van der Waals surface area contributed by atoms with Gasteiger partial charge in [0.2, 0.25) is 0 Å². The molecule has 1 unspecified atom stereocenters. The van der Waals surface area contributed by atoms with Crippen molar-refractivity contribution in [2.75, 3.05) is 47.5 Å². The minimum Gasteiger partial charge on any atom is -0.462 e. The first-order valence-corrected chi connectivity index (χ1v) is 20.4. The fourth-order valence-electron chi connectivity index (χ4n) is 4.59. The minimum atomic E-state index is -4.37. The van der Waals surface area contributed by atoms with Gasteiger partial charge in [-0.2, -0.15) is 0 Å². The fraction of sp³-hybridized carbons (Fsp3) is 0.744. The second-order valence-corrected chi connectivity index (χ2v) is 15.1. The molecule has 0 fully saturated rings. The van der Waals surface area contributed by atoms with Crippen LogP contribution in [0.4, 0.5) is 0 Å². The zero-order valence-corrected chi connectivity index (χ0v) is 32.6. The van der Waals surface area contributed by atoms with Gasteiger partial charge in [0.15, 0.2) is 6.10 Å². The molecule has 1 N–H and O–H groups in total. The van der Waals surface area contributed by atoms with E-state index in [4.69, 9.17) is 18.5 Å². The average Bonchev–Trinajstić information content (AvgIpc) is 3.04. The van der Waals surface area contributed by atoms with E-state index in [1.165, 1.54) is 32.1 Å². The molecule has 0 spiro atoms. The van der Waals surface area contributed by atoms with Crippen molar-refractivity contribution in [2.45, 2.75) is 142 Å². The standard InChI is InChI=1S/C39H70NO8P/c1-6-8-10-12-14-16-17-18-19-20-21-22-23-24-26-27-29-31-38(41)45-35-37(36-47-49(43,44)46-34-33-40(3,4)5)48-39(42)32-30-28-25-15-13-11-9-7-2/h10,12,16-17,19-20,22-23,37H,6-9,11,13-15,18,21,24-36H2,1-5H3/p+1/b12-10+,17-16+,20-19+,23-22+/t37-/m0/s1. The lowest BCUT2D eigenvalue weighted by Gasteiger charge is -2.24. The van der Waals surface area contributed by atoms with Gasteiger partial charge in [-0.05, 0) is 51.4 Å². The van der Waals surface area contributed by atoms with E-state index >= 15 is 0 Å². The lowest BCUT2D eigenvalue weighted by Crippen LogP contribution is -2.37. The molecule has 0 bridgehead atoms. The lowest BCUT2D eigenvalue weighted by molar-refractivity contribution is -0.870. The first-order chi connectivity index (χ1) is 23.5. The molecule has 0 saturated carbocycles. The molecule has 2 atom stereocenters. The normalized spacial score (nSPS) is 14.3. The maximum atomic E-state index is 12.5. The summed E-state index contributed by atoms with van der Waals surface area (Å²) in [5.74, 6) is -0.845. The highest BCUT2D eigenvalue weighted by Crippen LogP contribution is 2.43. The van der Waals surface area contributed by atoms with Crippen LogP contribution in [0.2, 0.25) is 0 Å². The number of likely N-dealkylation sites (N-methyl/N-ethyl adjacent to an activating group) is 1. The molecular formula is C39H71NO8P+. The van der Waals surface area contributed by atoms with E-state index in [-0.39, 0.29) is 26.1 Å². The summed E-state index contributed by atoms with van der Waals surface area (Å²) in [6.45, 7) is 4.25. The van der Waals surface area contributed by atoms with Gasteiger partial charge in [-0.25, -0.2) is 4.57 Å². The van der Waals surface area contributed by atoms with Gasteiger partial charge in [0.25, 0.3) is 0 Å². The number of nitrogens with zero attached hydrogens (tertiary/aromatic N) is 1. The SMILES string of the molecule is CCC/C=C/C/C=C/C/C=C/C/C=C/CCCCCC(=O)OC[C@@H](COP(=O)(O)OCC[N+](C)(C)C)OC(=O)CCCCCCCCCC. The monoisotopic (exact) mass is 712 g/mol. The number of hydrogen-bond donors (Lipinski definition) is 1. The second kappa shape index (κ2) is 31.9. The molecular weight excluding hydrogens is 641 g/mol. The van der Waals surface area contributed by atoms with E-state index in [9.17, 15) is 19.0 Å². The zero-order chi connectivity index (χ0) is 36.5. The van der Waals surface area contributed by atoms with Gasteiger partial charge in [-0.3, -0.25) is 18.6 Å². The van der Waals surface area contributed by atoms with E-state index in [2.05, 4.69) is 62.5 Å². The van der Waals surface area contributed by atoms with E-state index in [0.29, 0.717) is 23.9 Å². The molecule has 0 rings (SSSR count). The van der Waals surface area contributed by atoms with Crippen molar-refractivity contribution in [1.29, 1.82) is 0 Å². The average molecular weight is 713 g/mol. The van der Waals surface area contributed by atoms with Gasteiger partial charge in [0.05, 0.1) is 27.7 Å². The summed E-state index contributed by atoms with van der Waals surface area (Å²) in [6.07, 6.45) is 34.6. The fourth-order valence-corrected chi connectivity index (χ4v) is 5.33. The van der Waals surface area contributed by atoms with E-state index in [1.54, 1.807) is 0 Å². The maximum absolute atomic E-state index is 12.5. The Balaban J connectivity index is 4.44. The molecule has 0 amide bonds. The van der Waals surface area contributed by atoms with Crippen LogP contribution in [0.1, 0.15) is 136 Å². The summed E-state index contributed by atoms with van der Waals surface area (Å²) in [4.78, 5) is 35.0. The predicted octanol–water partition coefficient (Wildman–Crippen LogP) is 9.96. The van der Waals surface area contributed by atoms with Crippen molar-refractivity contribution in [3.05, 3.63) is 48.6 Å². The summed E-state index contributed by atoms with van der Waals surface area (Å²) in [5, 5.41) is 0. The summed E-state index contributed by atoms with van der Waals surface area (Å²) >= 11 is 0. The Hall–Kier alpha value is -2.03. The van der Waals surface area contributed by atoms with E-state index < -0.39 is 32.5 Å². The number of carbonyl (C=O) groups is 2. The van der Waals surface area contributed by atoms with Crippen LogP contribution in [-0.2, 0) is 32.7 Å². The number of carbonyl (C=O) groups excluding carboxylic acids is 2. The van der Waals surface area contributed by atoms with Gasteiger partial charge in [0, 0.05) is 12.8 Å². The number of hydrogen-bond acceptors (Lipinski definition) is 7. The molecule has 0 radical (unpaired) electrons. The third-order valence-electron chi connectivity index (χ3n) is 7.59. The first kappa shape index (κ1) is 47.0. The topological polar surface area (TPSA) is 108 Å². The number of allylic oxidation sites excluding steroid dienone is 8. The molecule has 0 aliphatic carbocycles. The molecule has 9 nitrogen and oxygen atoms in total. The van der Waals surface area contributed by atoms with Crippen LogP contribution in [0.3, 0.4) is 0 Å². The Labute approximate surface area is 299 Å². The van der Waals surface area contributed by atoms with Crippen LogP contribution < -0.4 is 0 Å². The van der Waals surface area contributed by atoms with Gasteiger partial charge in [0.1, 0.15) is 19.8 Å². The minimum absolute atomic E-state index is 0.0253. The zero-order valence-electron chi connectivity index (χ0n) is 31.7. The molecule has 10 heteroatoms. The van der Waals surface area contributed by atoms with Crippen LogP contribution in [-0.4, -0.2) is 74.9 Å². The van der Waals surface area contributed by atoms with Crippen molar-refractivity contribution < 1.29 is 42.1 Å². The molecule has 284 valence electrons. The van der Waals surface area contributed by atoms with Crippen molar-refractivity contribution in [2.24, 2.45) is 0 Å². The molecule has 0 aromatic carbocycles. The van der Waals surface area contributed by atoms with Crippen LogP contribution in [0.25, 0.3) is 0 Å². The Morgan fingerprint density at radius 2 is 1.14 bits per heavy atom. The third kappa shape index (κ3) is 35.6. The van der Waals surface area contributed by atoms with E-state index in [1.807, 2.05) is 21.1 Å². The molecule has 0 heterocycles. The summed E-state index contributed by atoms with van der Waals surface area (Å²) in [7, 11) is 1.45. The number of esters is 2. The number of ether oxygens (including phenoxy) is 2. The van der Waals surface area contributed by atoms with Crippen molar-refractivity contribution in [3.8, 4) is 0 Å². The Morgan fingerprint density at radius 3 is 1.71 bits per heavy atom. The summed E-state index contributed by atoms with van der Waals surface area (Å²) < 4.78 is 34.0. The van der Waals surface area contributed by atoms with Crippen molar-refractivity contribution in [3.63, 3.8) is 0 Å². The van der Waals surface area contributed by atoms with Crippen molar-refractivity contribution >= 4 is 19.8 Å². The Morgan fingerprint density at radius 1 is 0.633 bits per heavy atom. The van der Waals surface area contributed by atoms with Gasteiger partial charge in [-0.1, -0.05) is 120 Å². The number of phosphoric acid groups is 1. The predicted molar refractivity (Wildman–Crippen MR) is 201 cm³/mol. The molecule has 0 aliphatic rings. The second-order valence-electron chi connectivity index (χ2n) is 13.6. The largest absolute Gasteiger partial charge is 0.472 e. The van der Waals surface area contributed by atoms with Gasteiger partial charge >= 0.3 is 19.8 Å². The number of phosphoric ester groups is 1. The first-order valence-electron chi connectivity index (χ1n) is 18.9. The van der Waals surface area contributed by atoms with Crippen LogP contribution in [0.5, 0.6) is 0 Å².